The number of likely N-dealkylation sites (N-methyl/N-ethyl adjacent to an activating group) is 1. The van der Waals surface area contributed by atoms with E-state index in [1.165, 1.54) is 10.5 Å². The Kier molecular flexibility index (Phi) is 5.58. The van der Waals surface area contributed by atoms with E-state index in [9.17, 15) is 9.59 Å². The molecule has 3 rings (SSSR count). The van der Waals surface area contributed by atoms with Crippen LogP contribution in [0.5, 0.6) is 0 Å². The Bertz CT molecular complexity index is 1050. The van der Waals surface area contributed by atoms with Gasteiger partial charge in [-0.15, -0.1) is 0 Å². The highest BCUT2D eigenvalue weighted by Gasteiger charge is 2.25. The predicted molar refractivity (Wildman–Crippen MR) is 104 cm³/mol. The van der Waals surface area contributed by atoms with Crippen LogP contribution in [0.15, 0.2) is 53.5 Å². The fourth-order valence-electron chi connectivity index (χ4n) is 2.88. The van der Waals surface area contributed by atoms with E-state index in [2.05, 4.69) is 4.98 Å². The number of carbonyl (C=O) groups is 1. The molecule has 140 valence electrons. The molecule has 0 radical (unpaired) electrons. The van der Waals surface area contributed by atoms with Gasteiger partial charge in [0.05, 0.1) is 5.69 Å². The number of aromatic nitrogens is 2. The number of esters is 1. The minimum atomic E-state index is -0.604. The van der Waals surface area contributed by atoms with Crippen molar-refractivity contribution in [3.05, 3.63) is 80.9 Å². The summed E-state index contributed by atoms with van der Waals surface area (Å²) in [7, 11) is 3.58. The van der Waals surface area contributed by atoms with Crippen LogP contribution in [0.2, 0.25) is 5.02 Å². The number of hydrogen-bond donors (Lipinski definition) is 0. The summed E-state index contributed by atoms with van der Waals surface area (Å²) in [6, 6.07) is 11.5. The average Bonchev–Trinajstić information content (AvgIpc) is 2.60. The maximum Gasteiger partial charge on any atom is 0.328 e. The van der Waals surface area contributed by atoms with Gasteiger partial charge in [0.15, 0.2) is 0 Å². The van der Waals surface area contributed by atoms with Gasteiger partial charge in [0, 0.05) is 17.3 Å². The normalized spacial score (nSPS) is 12.3. The molecule has 3 aromatic rings. The van der Waals surface area contributed by atoms with Crippen molar-refractivity contribution in [2.24, 2.45) is 0 Å². The van der Waals surface area contributed by atoms with Crippen molar-refractivity contribution in [3.63, 3.8) is 0 Å². The molecule has 7 heteroatoms. The third kappa shape index (κ3) is 4.35. The number of ether oxygens (including phenoxy) is 1. The number of halogens is 1. The molecule has 0 saturated carbocycles. The highest BCUT2D eigenvalue weighted by Crippen LogP contribution is 2.23. The lowest BCUT2D eigenvalue weighted by molar-refractivity contribution is -0.150. The molecule has 0 fully saturated rings. The van der Waals surface area contributed by atoms with Crippen LogP contribution in [0.4, 0.5) is 0 Å². The Morgan fingerprint density at radius 3 is 2.74 bits per heavy atom. The summed E-state index contributed by atoms with van der Waals surface area (Å²) in [6.45, 7) is 1.82. The van der Waals surface area contributed by atoms with Crippen molar-refractivity contribution in [3.8, 4) is 0 Å². The molecule has 1 atom stereocenters. The first-order valence-corrected chi connectivity index (χ1v) is 8.80. The molecule has 0 N–H and O–H groups in total. The number of pyridine rings is 1. The van der Waals surface area contributed by atoms with Crippen LogP contribution in [-0.2, 0) is 16.1 Å². The lowest BCUT2D eigenvalue weighted by Gasteiger charge is -2.23. The van der Waals surface area contributed by atoms with Gasteiger partial charge in [-0.25, -0.2) is 9.78 Å². The molecule has 2 heterocycles. The highest BCUT2D eigenvalue weighted by molar-refractivity contribution is 6.30. The molecular weight excluding hydrogens is 366 g/mol. The Morgan fingerprint density at radius 1 is 1.26 bits per heavy atom. The maximum absolute atomic E-state index is 12.6. The van der Waals surface area contributed by atoms with E-state index < -0.39 is 12.0 Å². The molecule has 0 saturated heterocycles. The van der Waals surface area contributed by atoms with Crippen LogP contribution < -0.4 is 5.56 Å². The summed E-state index contributed by atoms with van der Waals surface area (Å²) in [6.07, 6.45) is 1.72. The summed E-state index contributed by atoms with van der Waals surface area (Å²) in [4.78, 5) is 31.0. The second-order valence-corrected chi connectivity index (χ2v) is 6.99. The molecule has 6 nitrogen and oxygen atoms in total. The fraction of sp³-hybridized carbons (Fsp3) is 0.250. The molecule has 0 amide bonds. The summed E-state index contributed by atoms with van der Waals surface area (Å²) < 4.78 is 6.91. The number of benzene rings is 1. The van der Waals surface area contributed by atoms with Gasteiger partial charge < -0.3 is 4.74 Å². The number of nitrogens with zero attached hydrogens (tertiary/aromatic N) is 3. The lowest BCUT2D eigenvalue weighted by Crippen LogP contribution is -2.29. The molecule has 27 heavy (non-hydrogen) atoms. The van der Waals surface area contributed by atoms with Gasteiger partial charge in [-0.2, -0.15) is 0 Å². The second kappa shape index (κ2) is 7.90. The van der Waals surface area contributed by atoms with Crippen molar-refractivity contribution >= 4 is 23.2 Å². The van der Waals surface area contributed by atoms with E-state index >= 15 is 0 Å². The van der Waals surface area contributed by atoms with Crippen molar-refractivity contribution in [1.82, 2.24) is 14.3 Å². The van der Waals surface area contributed by atoms with Crippen LogP contribution in [0.3, 0.4) is 0 Å². The van der Waals surface area contributed by atoms with Crippen molar-refractivity contribution in [2.45, 2.75) is 19.6 Å². The van der Waals surface area contributed by atoms with E-state index in [4.69, 9.17) is 16.3 Å². The fourth-order valence-corrected chi connectivity index (χ4v) is 3.08. The molecule has 0 spiro atoms. The molecule has 1 unspecified atom stereocenters. The van der Waals surface area contributed by atoms with E-state index in [1.54, 1.807) is 49.5 Å². The molecule has 1 aromatic carbocycles. The van der Waals surface area contributed by atoms with E-state index in [1.807, 2.05) is 19.1 Å². The standard InChI is InChI=1S/C20H20ClN3O3/c1-13-7-8-17-22-16(10-18(25)24(17)11-13)12-27-20(26)19(23(2)3)14-5-4-6-15(21)9-14/h4-11,19H,12H2,1-3H3. The van der Waals surface area contributed by atoms with E-state index in [0.717, 1.165) is 11.1 Å². The van der Waals surface area contributed by atoms with Gasteiger partial charge in [0.25, 0.3) is 5.56 Å². The maximum atomic E-state index is 12.6. The van der Waals surface area contributed by atoms with Crippen LogP contribution in [-0.4, -0.2) is 34.3 Å². The monoisotopic (exact) mass is 385 g/mol. The van der Waals surface area contributed by atoms with Crippen molar-refractivity contribution < 1.29 is 9.53 Å². The summed E-state index contributed by atoms with van der Waals surface area (Å²) in [5.41, 5.74) is 2.40. The first-order valence-electron chi connectivity index (χ1n) is 8.42. The molecule has 0 aliphatic heterocycles. The molecule has 0 bridgehead atoms. The van der Waals surface area contributed by atoms with Gasteiger partial charge in [0.2, 0.25) is 0 Å². The summed E-state index contributed by atoms with van der Waals surface area (Å²) >= 11 is 6.04. The third-order valence-corrected chi connectivity index (χ3v) is 4.36. The zero-order chi connectivity index (χ0) is 19.6. The van der Waals surface area contributed by atoms with Gasteiger partial charge in [-0.05, 0) is 50.3 Å². The minimum Gasteiger partial charge on any atom is -0.458 e. The third-order valence-electron chi connectivity index (χ3n) is 4.13. The Hall–Kier alpha value is -2.70. The first-order chi connectivity index (χ1) is 12.8. The highest BCUT2D eigenvalue weighted by atomic mass is 35.5. The van der Waals surface area contributed by atoms with Crippen LogP contribution in [0.25, 0.3) is 5.65 Å². The Morgan fingerprint density at radius 2 is 2.04 bits per heavy atom. The smallest absolute Gasteiger partial charge is 0.328 e. The topological polar surface area (TPSA) is 63.9 Å². The number of carbonyl (C=O) groups excluding carboxylic acids is 1. The van der Waals surface area contributed by atoms with Gasteiger partial charge >= 0.3 is 5.97 Å². The van der Waals surface area contributed by atoms with Crippen LogP contribution in [0.1, 0.15) is 22.9 Å². The van der Waals surface area contributed by atoms with Gasteiger partial charge in [0.1, 0.15) is 18.3 Å². The number of hydrogen-bond acceptors (Lipinski definition) is 5. The zero-order valence-electron chi connectivity index (χ0n) is 15.3. The Balaban J connectivity index is 1.80. The largest absolute Gasteiger partial charge is 0.458 e. The van der Waals surface area contributed by atoms with Gasteiger partial charge in [-0.1, -0.05) is 29.8 Å². The zero-order valence-corrected chi connectivity index (χ0v) is 16.1. The van der Waals surface area contributed by atoms with Crippen molar-refractivity contribution in [1.29, 1.82) is 0 Å². The van der Waals surface area contributed by atoms with E-state index in [0.29, 0.717) is 16.4 Å². The SMILES string of the molecule is Cc1ccc2nc(COC(=O)C(c3cccc(Cl)c3)N(C)C)cc(=O)n2c1. The number of rotatable bonds is 5. The quantitative estimate of drug-likeness (QED) is 0.632. The molecule has 0 aliphatic rings. The number of aryl methyl sites for hydroxylation is 1. The number of fused-ring (bicyclic) bond motifs is 1. The first kappa shape index (κ1) is 19.1. The Labute approximate surface area is 162 Å². The van der Waals surface area contributed by atoms with Gasteiger partial charge in [-0.3, -0.25) is 14.1 Å². The molecule has 0 aliphatic carbocycles. The molecule has 2 aromatic heterocycles. The predicted octanol–water partition coefficient (Wildman–Crippen LogP) is 3.00. The summed E-state index contributed by atoms with van der Waals surface area (Å²) in [5, 5.41) is 0.548. The van der Waals surface area contributed by atoms with Crippen LogP contribution >= 0.6 is 11.6 Å². The van der Waals surface area contributed by atoms with Crippen molar-refractivity contribution in [2.75, 3.05) is 14.1 Å². The summed E-state index contributed by atoms with van der Waals surface area (Å²) in [5.74, 6) is -0.437. The molecular formula is C20H20ClN3O3. The second-order valence-electron chi connectivity index (χ2n) is 6.55. The average molecular weight is 386 g/mol. The minimum absolute atomic E-state index is 0.0800. The van der Waals surface area contributed by atoms with Crippen LogP contribution in [0, 0.1) is 6.92 Å². The van der Waals surface area contributed by atoms with E-state index in [-0.39, 0.29) is 12.2 Å². The lowest BCUT2D eigenvalue weighted by atomic mass is 10.1.